The van der Waals surface area contributed by atoms with Crippen LogP contribution < -0.4 is 10.1 Å². The Morgan fingerprint density at radius 3 is 2.95 bits per heavy atom. The smallest absolute Gasteiger partial charge is 0.184 e. The number of hydrogen-bond acceptors (Lipinski definition) is 5. The molecule has 1 N–H and O–H groups in total. The summed E-state index contributed by atoms with van der Waals surface area (Å²) in [5, 5.41) is 4.05. The summed E-state index contributed by atoms with van der Waals surface area (Å²) in [6.45, 7) is 0.697. The van der Waals surface area contributed by atoms with Crippen molar-refractivity contribution in [3.63, 3.8) is 0 Å². The Morgan fingerprint density at radius 1 is 1.47 bits per heavy atom. The van der Waals surface area contributed by atoms with Gasteiger partial charge in [0.15, 0.2) is 16.6 Å². The van der Waals surface area contributed by atoms with Gasteiger partial charge in [-0.05, 0) is 18.1 Å². The molecule has 0 bridgehead atoms. The van der Waals surface area contributed by atoms with Gasteiger partial charge in [0.2, 0.25) is 0 Å². The second-order valence-electron chi connectivity index (χ2n) is 3.78. The van der Waals surface area contributed by atoms with E-state index >= 15 is 0 Å². The Balaban J connectivity index is 1.94. The number of anilines is 1. The van der Waals surface area contributed by atoms with E-state index in [4.69, 9.17) is 16.3 Å². The van der Waals surface area contributed by atoms with E-state index in [9.17, 15) is 4.79 Å². The normalized spacial score (nSPS) is 10.2. The third kappa shape index (κ3) is 3.45. The van der Waals surface area contributed by atoms with Crippen LogP contribution in [-0.4, -0.2) is 24.9 Å². The number of nitrogens with zero attached hydrogens (tertiary/aromatic N) is 1. The first-order valence-electron chi connectivity index (χ1n) is 5.72. The molecular formula is C13H13ClN2O2S. The maximum atomic E-state index is 10.7. The molecule has 0 fully saturated rings. The van der Waals surface area contributed by atoms with Crippen LogP contribution in [0.3, 0.4) is 0 Å². The number of rotatable bonds is 6. The Kier molecular flexibility index (Phi) is 4.76. The zero-order chi connectivity index (χ0) is 13.7. The molecule has 0 radical (unpaired) electrons. The molecule has 1 heterocycles. The molecule has 0 atom stereocenters. The van der Waals surface area contributed by atoms with Gasteiger partial charge in [0.25, 0.3) is 0 Å². The van der Waals surface area contributed by atoms with Gasteiger partial charge in [0.05, 0.1) is 7.11 Å². The van der Waals surface area contributed by atoms with Crippen LogP contribution in [0, 0.1) is 0 Å². The van der Waals surface area contributed by atoms with E-state index in [2.05, 4.69) is 10.3 Å². The summed E-state index contributed by atoms with van der Waals surface area (Å²) in [5.74, 6) is 0.870. The van der Waals surface area contributed by atoms with Crippen molar-refractivity contribution in [3.05, 3.63) is 39.9 Å². The van der Waals surface area contributed by atoms with E-state index in [-0.39, 0.29) is 5.15 Å². The standard InChI is InChI=1S/C13H13ClN2O2S/c1-18-10-5-3-2-4-9(10)6-7-15-13-16-12(14)11(8-17)19-13/h2-5,8H,6-7H2,1H3,(H,15,16). The molecular weight excluding hydrogens is 284 g/mol. The van der Waals surface area contributed by atoms with Crippen LogP contribution in [0.4, 0.5) is 5.13 Å². The number of ether oxygens (including phenoxy) is 1. The molecule has 100 valence electrons. The van der Waals surface area contributed by atoms with Crippen LogP contribution in [0.2, 0.25) is 5.15 Å². The number of aldehydes is 1. The van der Waals surface area contributed by atoms with Crippen LogP contribution >= 0.6 is 22.9 Å². The highest BCUT2D eigenvalue weighted by Gasteiger charge is 2.08. The summed E-state index contributed by atoms with van der Waals surface area (Å²) < 4.78 is 5.28. The summed E-state index contributed by atoms with van der Waals surface area (Å²) in [7, 11) is 1.66. The van der Waals surface area contributed by atoms with Crippen molar-refractivity contribution in [2.75, 3.05) is 19.0 Å². The van der Waals surface area contributed by atoms with Crippen molar-refractivity contribution in [3.8, 4) is 5.75 Å². The third-order valence-electron chi connectivity index (χ3n) is 2.58. The zero-order valence-corrected chi connectivity index (χ0v) is 11.9. The lowest BCUT2D eigenvalue weighted by molar-refractivity contribution is 0.112. The second-order valence-corrected chi connectivity index (χ2v) is 5.17. The first kappa shape index (κ1) is 13.8. The van der Waals surface area contributed by atoms with Crippen molar-refractivity contribution < 1.29 is 9.53 Å². The van der Waals surface area contributed by atoms with E-state index in [1.165, 1.54) is 11.3 Å². The second kappa shape index (κ2) is 6.54. The molecule has 0 spiro atoms. The van der Waals surface area contributed by atoms with Crippen LogP contribution in [0.25, 0.3) is 0 Å². The summed E-state index contributed by atoms with van der Waals surface area (Å²) in [4.78, 5) is 15.2. The molecule has 2 rings (SSSR count). The molecule has 0 aliphatic rings. The van der Waals surface area contributed by atoms with E-state index in [0.717, 1.165) is 17.7 Å². The van der Waals surface area contributed by atoms with Crippen molar-refractivity contribution >= 4 is 34.4 Å². The summed E-state index contributed by atoms with van der Waals surface area (Å²) >= 11 is 7.05. The Morgan fingerprint density at radius 2 is 2.26 bits per heavy atom. The Bertz CT molecular complexity index is 572. The fraction of sp³-hybridized carbons (Fsp3) is 0.231. The van der Waals surface area contributed by atoms with Crippen LogP contribution in [0.15, 0.2) is 24.3 Å². The predicted octanol–water partition coefficient (Wildman–Crippen LogP) is 3.27. The number of nitrogens with one attached hydrogen (secondary N) is 1. The molecule has 1 aromatic carbocycles. The minimum atomic E-state index is 0.250. The number of methoxy groups -OCH3 is 1. The third-order valence-corrected chi connectivity index (χ3v) is 3.92. The maximum Gasteiger partial charge on any atom is 0.184 e. The molecule has 0 saturated heterocycles. The Hall–Kier alpha value is -1.59. The van der Waals surface area contributed by atoms with Gasteiger partial charge in [0, 0.05) is 6.54 Å². The predicted molar refractivity (Wildman–Crippen MR) is 77.7 cm³/mol. The van der Waals surface area contributed by atoms with E-state index in [0.29, 0.717) is 22.8 Å². The molecule has 4 nitrogen and oxygen atoms in total. The molecule has 0 aliphatic carbocycles. The summed E-state index contributed by atoms with van der Waals surface area (Å²) in [5.41, 5.74) is 1.12. The van der Waals surface area contributed by atoms with E-state index in [1.807, 2.05) is 24.3 Å². The lowest BCUT2D eigenvalue weighted by Crippen LogP contribution is -2.05. The topological polar surface area (TPSA) is 51.2 Å². The SMILES string of the molecule is COc1ccccc1CCNc1nc(Cl)c(C=O)s1. The number of thiazole rings is 1. The largest absolute Gasteiger partial charge is 0.496 e. The maximum absolute atomic E-state index is 10.7. The number of benzene rings is 1. The van der Waals surface area contributed by atoms with Gasteiger partial charge in [-0.1, -0.05) is 41.1 Å². The molecule has 0 unspecified atom stereocenters. The van der Waals surface area contributed by atoms with Crippen molar-refractivity contribution in [2.24, 2.45) is 0 Å². The van der Waals surface area contributed by atoms with Crippen LogP contribution in [-0.2, 0) is 6.42 Å². The number of carbonyl (C=O) groups is 1. The number of aromatic nitrogens is 1. The lowest BCUT2D eigenvalue weighted by Gasteiger charge is -2.08. The quantitative estimate of drug-likeness (QED) is 0.831. The molecule has 6 heteroatoms. The highest BCUT2D eigenvalue weighted by molar-refractivity contribution is 7.17. The lowest BCUT2D eigenvalue weighted by atomic mass is 10.1. The number of halogens is 1. The van der Waals surface area contributed by atoms with Crippen molar-refractivity contribution in [2.45, 2.75) is 6.42 Å². The first-order valence-corrected chi connectivity index (χ1v) is 6.91. The summed E-state index contributed by atoms with van der Waals surface area (Å²) in [6, 6.07) is 7.86. The van der Waals surface area contributed by atoms with Gasteiger partial charge < -0.3 is 10.1 Å². The molecule has 0 saturated carbocycles. The monoisotopic (exact) mass is 296 g/mol. The van der Waals surface area contributed by atoms with Gasteiger partial charge in [0.1, 0.15) is 10.6 Å². The minimum absolute atomic E-state index is 0.250. The average Bonchev–Trinajstić information content (AvgIpc) is 2.79. The first-order chi connectivity index (χ1) is 9.24. The number of hydrogen-bond donors (Lipinski definition) is 1. The van der Waals surface area contributed by atoms with Gasteiger partial charge in [-0.3, -0.25) is 4.79 Å². The molecule has 19 heavy (non-hydrogen) atoms. The van der Waals surface area contributed by atoms with Crippen LogP contribution in [0.1, 0.15) is 15.2 Å². The highest BCUT2D eigenvalue weighted by atomic mass is 35.5. The Labute approximate surface area is 120 Å². The summed E-state index contributed by atoms with van der Waals surface area (Å²) in [6.07, 6.45) is 1.52. The van der Waals surface area contributed by atoms with Crippen molar-refractivity contribution in [1.82, 2.24) is 4.98 Å². The minimum Gasteiger partial charge on any atom is -0.496 e. The number of carbonyl (C=O) groups excluding carboxylic acids is 1. The zero-order valence-electron chi connectivity index (χ0n) is 10.4. The fourth-order valence-electron chi connectivity index (χ4n) is 1.68. The van der Waals surface area contributed by atoms with Gasteiger partial charge in [-0.2, -0.15) is 0 Å². The molecule has 0 aliphatic heterocycles. The van der Waals surface area contributed by atoms with Crippen LogP contribution in [0.5, 0.6) is 5.75 Å². The highest BCUT2D eigenvalue weighted by Crippen LogP contribution is 2.25. The van der Waals surface area contributed by atoms with E-state index < -0.39 is 0 Å². The molecule has 0 amide bonds. The number of para-hydroxylation sites is 1. The molecule has 1 aromatic heterocycles. The van der Waals surface area contributed by atoms with Crippen molar-refractivity contribution in [1.29, 1.82) is 0 Å². The average molecular weight is 297 g/mol. The van der Waals surface area contributed by atoms with Gasteiger partial charge in [-0.25, -0.2) is 4.98 Å². The molecule has 2 aromatic rings. The fourth-order valence-corrected chi connectivity index (χ4v) is 2.67. The van der Waals surface area contributed by atoms with Gasteiger partial charge in [-0.15, -0.1) is 0 Å². The van der Waals surface area contributed by atoms with Gasteiger partial charge >= 0.3 is 0 Å². The van der Waals surface area contributed by atoms with E-state index in [1.54, 1.807) is 7.11 Å².